The molecule has 1 aliphatic carbocycles. The molecule has 600 valence electrons. The van der Waals surface area contributed by atoms with Crippen molar-refractivity contribution in [3.8, 4) is 0 Å². The molecule has 5 aliphatic heterocycles. The highest BCUT2D eigenvalue weighted by molar-refractivity contribution is 8.74. The third-order valence-electron chi connectivity index (χ3n) is 15.1. The molecular formula is C40H64Cl2N4O45S12. The van der Waals surface area contributed by atoms with Crippen molar-refractivity contribution in [2.45, 2.75) is 200 Å². The van der Waals surface area contributed by atoms with Gasteiger partial charge in [-0.1, -0.05) is 23.0 Å². The van der Waals surface area contributed by atoms with E-state index >= 15 is 0 Å². The summed E-state index contributed by atoms with van der Waals surface area (Å²) in [6, 6.07) is -3.52. The Morgan fingerprint density at radius 3 is 1.67 bits per heavy atom. The summed E-state index contributed by atoms with van der Waals surface area (Å²) in [6.45, 7) is -2.49. The van der Waals surface area contributed by atoms with Gasteiger partial charge in [-0.15, -0.1) is 28.3 Å². The molecule has 103 heavy (non-hydrogen) atoms. The molecule has 5 saturated heterocycles. The van der Waals surface area contributed by atoms with E-state index in [4.69, 9.17) is 107 Å². The number of nitrogens with zero attached hydrogens (tertiary/aromatic N) is 4. The maximum absolute atomic E-state index is 13.2. The van der Waals surface area contributed by atoms with Gasteiger partial charge >= 0.3 is 93.5 Å². The van der Waals surface area contributed by atoms with Gasteiger partial charge in [0.15, 0.2) is 31.3 Å². The molecule has 63 heteroatoms. The van der Waals surface area contributed by atoms with E-state index in [0.29, 0.717) is 0 Å². The lowest BCUT2D eigenvalue weighted by atomic mass is 9.91. The Balaban J connectivity index is 1.10. The van der Waals surface area contributed by atoms with Crippen molar-refractivity contribution in [3.63, 3.8) is 0 Å². The van der Waals surface area contributed by atoms with Crippen LogP contribution in [0, 0.1) is 0 Å². The summed E-state index contributed by atoms with van der Waals surface area (Å²) in [7, 11) is -50.9. The molecule has 6 aliphatic rings. The van der Waals surface area contributed by atoms with Crippen molar-refractivity contribution in [1.29, 1.82) is 0 Å². The molecule has 6 heterocycles. The molecule has 0 spiro atoms. The number of thiol groups is 1. The van der Waals surface area contributed by atoms with Crippen LogP contribution in [0.1, 0.15) is 64.5 Å². The van der Waals surface area contributed by atoms with Gasteiger partial charge in [-0.25, -0.2) is 38.1 Å². The minimum atomic E-state index is -5.71. The minimum Gasteiger partial charge on any atom is -0.348 e. The predicted octanol–water partition coefficient (Wildman–Crippen LogP) is -3.40. The predicted molar refractivity (Wildman–Crippen MR) is 334 cm³/mol. The first-order chi connectivity index (χ1) is 47.0. The summed E-state index contributed by atoms with van der Waals surface area (Å²) < 4.78 is 404. The maximum atomic E-state index is 13.2. The second-order valence-corrected chi connectivity index (χ2v) is 36.4. The number of hydrogen-bond donors (Lipinski definition) is 10. The van der Waals surface area contributed by atoms with Crippen molar-refractivity contribution < 1.29 is 197 Å². The second-order valence-electron chi connectivity index (χ2n) is 22.5. The monoisotopic (exact) mass is 1770 g/mol. The van der Waals surface area contributed by atoms with E-state index in [0.717, 1.165) is 23.9 Å². The topological polar surface area (TPSA) is 689 Å². The van der Waals surface area contributed by atoms with Crippen LogP contribution in [0.2, 0.25) is 0 Å². The molecule has 0 amide bonds. The lowest BCUT2D eigenvalue weighted by Crippen LogP contribution is -2.61. The van der Waals surface area contributed by atoms with Crippen LogP contribution < -0.4 is 0 Å². The highest BCUT2D eigenvalue weighted by Crippen LogP contribution is 2.43. The number of rotatable bonds is 36. The molecule has 0 saturated carbocycles. The van der Waals surface area contributed by atoms with Crippen LogP contribution in [0.5, 0.6) is 0 Å². The Hall–Kier alpha value is -1.19. The SMILES string of the molecule is CC1O[C@H](O[C@H]2CC(OS(=O)(=O)O)[C@@H](O[C@H]3CC(OS(=O)(=O)O)[C@H](OCc4cn(C[C@@H]5C[C@H](OS(=O)(=O)O)[C@](CCl)(O[C@H]6O[C@H](C)[C@H](Cl)[C@H](OS(=S)S)[C@H]6OS(=O)(=O)O)O5)nn4)OC3COS(=O)(=O)O)OC2COS(=O)(=O)O)CC[C@@H]1N([C@H]1C=C(COS(=O)(=O)O)CC[C@H]1OS(=O)(=O)O)S(=O)(=O)O. The lowest BCUT2D eigenvalue weighted by Gasteiger charge is -2.46. The van der Waals surface area contributed by atoms with Gasteiger partial charge in [0.2, 0.25) is 5.79 Å². The number of halogens is 2. The second kappa shape index (κ2) is 35.2. The van der Waals surface area contributed by atoms with Crippen LogP contribution in [-0.4, -0.2) is 289 Å². The molecule has 7 rings (SSSR count). The van der Waals surface area contributed by atoms with Crippen molar-refractivity contribution in [3.05, 3.63) is 23.5 Å². The van der Waals surface area contributed by atoms with E-state index in [1.807, 2.05) is 0 Å². The van der Waals surface area contributed by atoms with Gasteiger partial charge in [0.1, 0.15) is 42.3 Å². The Kier molecular flexibility index (Phi) is 30.5. The third kappa shape index (κ3) is 28.2. The van der Waals surface area contributed by atoms with Crippen LogP contribution in [0.15, 0.2) is 17.8 Å². The fraction of sp³-hybridized carbons (Fsp3) is 0.900. The molecule has 6 unspecified atom stereocenters. The summed E-state index contributed by atoms with van der Waals surface area (Å²) in [6.07, 6.45) is -34.7. The molecule has 22 atom stereocenters. The molecule has 49 nitrogen and oxygen atoms in total. The third-order valence-corrected chi connectivity index (χ3v) is 21.7. The molecule has 0 aromatic carbocycles. The fourth-order valence-electron chi connectivity index (χ4n) is 11.3. The normalized spacial score (nSPS) is 34.7. The summed E-state index contributed by atoms with van der Waals surface area (Å²) >= 11 is 21.7. The smallest absolute Gasteiger partial charge is 0.348 e. The molecule has 0 radical (unpaired) electrons. The highest BCUT2D eigenvalue weighted by Gasteiger charge is 2.59. The first-order valence-electron chi connectivity index (χ1n) is 28.4. The van der Waals surface area contributed by atoms with Gasteiger partial charge in [0.25, 0.3) is 0 Å². The van der Waals surface area contributed by atoms with Gasteiger partial charge in [0.05, 0.1) is 108 Å². The van der Waals surface area contributed by atoms with Crippen LogP contribution in [0.4, 0.5) is 0 Å². The summed E-state index contributed by atoms with van der Waals surface area (Å²) in [4.78, 5) is 0. The number of ether oxygens (including phenoxy) is 9. The van der Waals surface area contributed by atoms with E-state index in [1.54, 1.807) is 0 Å². The van der Waals surface area contributed by atoms with E-state index in [-0.39, 0.29) is 22.0 Å². The number of hydrogen-bond acceptors (Lipinski definition) is 39. The average Bonchev–Trinajstić information content (AvgIpc) is 1.73. The Labute approximate surface area is 609 Å². The van der Waals surface area contributed by atoms with Crippen molar-refractivity contribution in [1.82, 2.24) is 19.3 Å². The van der Waals surface area contributed by atoms with Crippen LogP contribution in [-0.2, 0) is 207 Å². The van der Waals surface area contributed by atoms with E-state index in [2.05, 4.69) is 34.5 Å². The molecule has 5 fully saturated rings. The summed E-state index contributed by atoms with van der Waals surface area (Å²) in [5, 5.41) is 6.48. The molecule has 1 aromatic heterocycles. The largest absolute Gasteiger partial charge is 0.397 e. The Bertz CT molecular complexity index is 4240. The van der Waals surface area contributed by atoms with Crippen LogP contribution in [0.3, 0.4) is 0 Å². The van der Waals surface area contributed by atoms with Gasteiger partial charge in [0, 0.05) is 25.7 Å². The lowest BCUT2D eigenvalue weighted by molar-refractivity contribution is -0.349. The quantitative estimate of drug-likeness (QED) is 0.0103. The maximum Gasteiger partial charge on any atom is 0.397 e. The molecule has 9 N–H and O–H groups in total. The molecule has 0 bridgehead atoms. The van der Waals surface area contributed by atoms with Gasteiger partial charge in [-0.2, -0.15) is 80.1 Å². The summed E-state index contributed by atoms with van der Waals surface area (Å²) in [5.74, 6) is -3.48. The number of alkyl halides is 2. The Morgan fingerprint density at radius 1 is 0.621 bits per heavy atom. The van der Waals surface area contributed by atoms with Gasteiger partial charge < -0.3 is 42.6 Å². The van der Waals surface area contributed by atoms with Crippen molar-refractivity contribution >= 4 is 148 Å². The van der Waals surface area contributed by atoms with E-state index in [1.165, 1.54) is 6.92 Å². The molecular weight excluding hydrogens is 1710 g/mol. The zero-order valence-electron chi connectivity index (χ0n) is 51.6. The summed E-state index contributed by atoms with van der Waals surface area (Å²) in [5.41, 5.74) is -0.349. The minimum absolute atomic E-state index is 0.107. The van der Waals surface area contributed by atoms with E-state index < -0.39 is 307 Å². The van der Waals surface area contributed by atoms with E-state index in [9.17, 15) is 112 Å². The fourth-order valence-corrected chi connectivity index (χ4v) is 17.4. The zero-order valence-corrected chi connectivity index (χ0v) is 63.0. The Morgan fingerprint density at radius 2 is 1.16 bits per heavy atom. The van der Waals surface area contributed by atoms with Gasteiger partial charge in [-0.3, -0.25) is 45.2 Å². The average molecular weight is 1780 g/mol. The van der Waals surface area contributed by atoms with Crippen molar-refractivity contribution in [2.24, 2.45) is 0 Å². The highest BCUT2D eigenvalue weighted by atomic mass is 35.5. The van der Waals surface area contributed by atoms with Crippen molar-refractivity contribution in [2.75, 3.05) is 25.7 Å². The van der Waals surface area contributed by atoms with Crippen LogP contribution in [0.25, 0.3) is 0 Å². The first kappa shape index (κ1) is 89.0. The standard InChI is InChI=1S/C40H64Cl2N4O45S12/c1-18-23(46(95(47,48)49)24-7-20(13-75-96(50,51)52)3-5-25(24)87-99(59,60)61)4-6-33(78-18)80-26-9-29(89-101(65,66)67)38(83-30(26)15-76-97(53,54)55)81-27-10-28(88-100(62,63)64)37(82-31(27)16-77-98(56,57)58)74-14-21-11-45(44-43-21)12-22-8-32(90-102(68,69)70)40(17-41,84-22)85-39-36(91-103(71,72)73)35(86-94(92)93)34(42)19(2)79-39/h7,11,18-19,22-39H,3-6,8-10,12-17H2,1-2H3,(H,92,93)(H,47,48,49)(H,50,51,52)(H,53,54,55)(H,56,57,58)(H,59,60,61)(H,62,63,64)(H,65,66,67)(H,68,69,70)(H,71,72,73)/t18?,19-,22+,23+,24+,25-,26+,27+,28?,29?,30?,31?,32+,33-,34+,35+,36-,37-,38+,39-,40+/m1/s1. The number of aromatic nitrogens is 3. The first-order valence-corrected chi connectivity index (χ1v) is 44.8. The van der Waals surface area contributed by atoms with Gasteiger partial charge in [-0.05, 0) is 49.9 Å². The zero-order chi connectivity index (χ0) is 77.2. The van der Waals surface area contributed by atoms with Crippen LogP contribution >= 0.6 is 34.9 Å². The molecule has 1 aromatic rings.